The largest absolute Gasteiger partial charge is 0.480 e. The molecule has 0 amide bonds. The highest BCUT2D eigenvalue weighted by Crippen LogP contribution is 2.21. The lowest BCUT2D eigenvalue weighted by Gasteiger charge is -2.43. The molecule has 1 aromatic rings. The van der Waals surface area contributed by atoms with Crippen molar-refractivity contribution in [2.45, 2.75) is 18.9 Å². The Morgan fingerprint density at radius 1 is 1.24 bits per heavy atom. The molecule has 2 aliphatic heterocycles. The Morgan fingerprint density at radius 3 is 2.52 bits per heavy atom. The lowest BCUT2D eigenvalue weighted by Crippen LogP contribution is -2.53. The Balaban J connectivity index is 1.46. The smallest absolute Gasteiger partial charge is 0.317 e. The van der Waals surface area contributed by atoms with Crippen LogP contribution < -0.4 is 10.7 Å². The summed E-state index contributed by atoms with van der Waals surface area (Å²) in [6.45, 7) is 5.97. The summed E-state index contributed by atoms with van der Waals surface area (Å²) < 4.78 is 0. The first-order valence-corrected chi connectivity index (χ1v) is 8.78. The van der Waals surface area contributed by atoms with Gasteiger partial charge in [0, 0.05) is 45.3 Å². The number of aromatic nitrogens is 1. The summed E-state index contributed by atoms with van der Waals surface area (Å²) in [7, 11) is 0. The van der Waals surface area contributed by atoms with Gasteiger partial charge in [-0.3, -0.25) is 19.6 Å². The highest BCUT2D eigenvalue weighted by Gasteiger charge is 2.28. The summed E-state index contributed by atoms with van der Waals surface area (Å²) >= 11 is 0. The normalized spacial score (nSPS) is 21.0. The number of hydrazone groups is 1. The number of likely N-dealkylation sites (tertiary alicyclic amines) is 1. The van der Waals surface area contributed by atoms with Crippen LogP contribution in [0.4, 0.5) is 5.69 Å². The van der Waals surface area contributed by atoms with Crippen LogP contribution in [0.2, 0.25) is 0 Å². The Kier molecular flexibility index (Phi) is 5.83. The molecule has 1 aromatic heterocycles. The molecule has 0 unspecified atom stereocenters. The molecule has 3 heterocycles. The van der Waals surface area contributed by atoms with E-state index in [2.05, 4.69) is 26.0 Å². The molecule has 0 bridgehead atoms. The van der Waals surface area contributed by atoms with Crippen LogP contribution in [0, 0.1) is 0 Å². The number of rotatable bonds is 5. The van der Waals surface area contributed by atoms with Crippen molar-refractivity contribution in [2.75, 3.05) is 50.7 Å². The minimum absolute atomic E-state index is 0.165. The number of carbonyl (C=O) groups is 1. The molecule has 0 saturated carbocycles. The van der Waals surface area contributed by atoms with E-state index < -0.39 is 5.97 Å². The van der Waals surface area contributed by atoms with E-state index in [1.807, 2.05) is 17.2 Å². The van der Waals surface area contributed by atoms with Gasteiger partial charge in [0.05, 0.1) is 30.3 Å². The predicted octanol–water partition coefficient (Wildman–Crippen LogP) is 0.0452. The number of carboxylic acid groups (broad SMARTS) is 1. The topological polar surface area (TPSA) is 98.3 Å². The van der Waals surface area contributed by atoms with Crippen molar-refractivity contribution in [3.05, 3.63) is 24.0 Å². The summed E-state index contributed by atoms with van der Waals surface area (Å²) in [5.74, 6) is 4.41. The number of hydrogen-bond donors (Lipinski definition) is 2. The molecule has 2 fully saturated rings. The van der Waals surface area contributed by atoms with Gasteiger partial charge < -0.3 is 15.8 Å². The van der Waals surface area contributed by atoms with Crippen LogP contribution in [0.15, 0.2) is 23.4 Å². The molecule has 0 spiro atoms. The van der Waals surface area contributed by atoms with Crippen LogP contribution in [0.1, 0.15) is 18.5 Å². The Bertz CT molecular complexity index is 590. The van der Waals surface area contributed by atoms with Gasteiger partial charge in [-0.1, -0.05) is 0 Å². The minimum Gasteiger partial charge on any atom is -0.480 e. The first kappa shape index (κ1) is 17.6. The molecule has 8 heteroatoms. The highest BCUT2D eigenvalue weighted by molar-refractivity contribution is 5.77. The van der Waals surface area contributed by atoms with E-state index >= 15 is 0 Å². The lowest BCUT2D eigenvalue weighted by molar-refractivity contribution is -0.138. The average molecular weight is 346 g/mol. The van der Waals surface area contributed by atoms with Gasteiger partial charge in [-0.15, -0.1) is 0 Å². The minimum atomic E-state index is -0.732. The Morgan fingerprint density at radius 2 is 1.96 bits per heavy atom. The van der Waals surface area contributed by atoms with Gasteiger partial charge in [0.25, 0.3) is 0 Å². The van der Waals surface area contributed by atoms with Crippen molar-refractivity contribution in [1.29, 1.82) is 0 Å². The van der Waals surface area contributed by atoms with Crippen molar-refractivity contribution < 1.29 is 9.90 Å². The number of nitrogens with two attached hydrogens (primary N) is 1. The third-order valence-corrected chi connectivity index (χ3v) is 5.09. The summed E-state index contributed by atoms with van der Waals surface area (Å²) in [4.78, 5) is 22.1. The van der Waals surface area contributed by atoms with Gasteiger partial charge in [-0.05, 0) is 25.0 Å². The van der Waals surface area contributed by atoms with E-state index in [1.54, 1.807) is 6.21 Å². The number of piperazine rings is 1. The zero-order chi connectivity index (χ0) is 17.6. The third kappa shape index (κ3) is 4.67. The first-order valence-electron chi connectivity index (χ1n) is 8.78. The molecule has 2 saturated heterocycles. The maximum absolute atomic E-state index is 10.8. The van der Waals surface area contributed by atoms with Gasteiger partial charge in [0.2, 0.25) is 0 Å². The standard InChI is InChI=1S/C17H26N6O2/c18-20-11-14-1-2-16(12-19-14)23-9-7-22(8-10-23)15-3-5-21(6-4-15)13-17(24)25/h1-2,11-12,15H,3-10,13,18H2,(H,24,25). The fourth-order valence-corrected chi connectivity index (χ4v) is 3.72. The SMILES string of the molecule is NN=Cc1ccc(N2CCN(C3CCN(CC(=O)O)CC3)CC2)cn1. The van der Waals surface area contributed by atoms with Crippen molar-refractivity contribution in [3.63, 3.8) is 0 Å². The fraction of sp³-hybridized carbons (Fsp3) is 0.588. The van der Waals surface area contributed by atoms with Crippen LogP contribution >= 0.6 is 0 Å². The molecular formula is C17H26N6O2. The second-order valence-corrected chi connectivity index (χ2v) is 6.64. The van der Waals surface area contributed by atoms with Crippen LogP contribution in [-0.4, -0.2) is 83.9 Å². The average Bonchev–Trinajstić information content (AvgIpc) is 2.63. The highest BCUT2D eigenvalue weighted by atomic mass is 16.4. The van der Waals surface area contributed by atoms with E-state index in [0.29, 0.717) is 6.04 Å². The molecule has 25 heavy (non-hydrogen) atoms. The van der Waals surface area contributed by atoms with Crippen molar-refractivity contribution in [3.8, 4) is 0 Å². The van der Waals surface area contributed by atoms with E-state index in [4.69, 9.17) is 10.9 Å². The summed E-state index contributed by atoms with van der Waals surface area (Å²) in [6.07, 6.45) is 5.53. The van der Waals surface area contributed by atoms with Crippen LogP contribution in [0.5, 0.6) is 0 Å². The van der Waals surface area contributed by atoms with Gasteiger partial charge in [0.1, 0.15) is 0 Å². The second-order valence-electron chi connectivity index (χ2n) is 6.64. The van der Waals surface area contributed by atoms with E-state index in [0.717, 1.165) is 63.5 Å². The zero-order valence-electron chi connectivity index (χ0n) is 14.4. The fourth-order valence-electron chi connectivity index (χ4n) is 3.72. The maximum Gasteiger partial charge on any atom is 0.317 e. The molecule has 0 aliphatic carbocycles. The maximum atomic E-state index is 10.8. The molecule has 0 aromatic carbocycles. The molecule has 3 N–H and O–H groups in total. The van der Waals surface area contributed by atoms with Gasteiger partial charge in [0.15, 0.2) is 0 Å². The number of anilines is 1. The molecule has 0 atom stereocenters. The molecule has 2 aliphatic rings. The summed E-state index contributed by atoms with van der Waals surface area (Å²) in [6, 6.07) is 4.56. The van der Waals surface area contributed by atoms with Gasteiger partial charge in [-0.2, -0.15) is 5.10 Å². The number of piperidine rings is 1. The molecular weight excluding hydrogens is 320 g/mol. The summed E-state index contributed by atoms with van der Waals surface area (Å²) in [5, 5.41) is 12.4. The Labute approximate surface area is 147 Å². The number of carboxylic acids is 1. The van der Waals surface area contributed by atoms with E-state index in [1.165, 1.54) is 0 Å². The third-order valence-electron chi connectivity index (χ3n) is 5.09. The molecule has 136 valence electrons. The van der Waals surface area contributed by atoms with Crippen LogP contribution in [0.25, 0.3) is 0 Å². The van der Waals surface area contributed by atoms with Gasteiger partial charge in [-0.25, -0.2) is 0 Å². The second kappa shape index (κ2) is 8.26. The zero-order valence-corrected chi connectivity index (χ0v) is 14.4. The van der Waals surface area contributed by atoms with Crippen LogP contribution in [0.3, 0.4) is 0 Å². The molecule has 3 rings (SSSR count). The van der Waals surface area contributed by atoms with Gasteiger partial charge >= 0.3 is 5.97 Å². The number of hydrogen-bond acceptors (Lipinski definition) is 7. The lowest BCUT2D eigenvalue weighted by atomic mass is 10.0. The monoisotopic (exact) mass is 346 g/mol. The predicted molar refractivity (Wildman–Crippen MR) is 96.9 cm³/mol. The number of aliphatic carboxylic acids is 1. The summed E-state index contributed by atoms with van der Waals surface area (Å²) in [5.41, 5.74) is 1.89. The first-order chi connectivity index (χ1) is 12.2. The van der Waals surface area contributed by atoms with Crippen molar-refractivity contribution in [1.82, 2.24) is 14.8 Å². The molecule has 8 nitrogen and oxygen atoms in total. The number of nitrogens with zero attached hydrogens (tertiary/aromatic N) is 5. The quantitative estimate of drug-likeness (QED) is 0.441. The van der Waals surface area contributed by atoms with E-state index in [9.17, 15) is 4.79 Å². The Hall–Kier alpha value is -2.19. The van der Waals surface area contributed by atoms with Crippen molar-refractivity contribution >= 4 is 17.9 Å². The molecule has 0 radical (unpaired) electrons. The van der Waals surface area contributed by atoms with Crippen LogP contribution in [-0.2, 0) is 4.79 Å². The van der Waals surface area contributed by atoms with E-state index in [-0.39, 0.29) is 6.54 Å². The number of pyridine rings is 1. The van der Waals surface area contributed by atoms with Crippen molar-refractivity contribution in [2.24, 2.45) is 10.9 Å².